The Morgan fingerprint density at radius 3 is 2.73 bits per heavy atom. The van der Waals surface area contributed by atoms with Crippen molar-refractivity contribution in [1.29, 1.82) is 0 Å². The Morgan fingerprint density at radius 2 is 2.27 bits per heavy atom. The van der Waals surface area contributed by atoms with Gasteiger partial charge in [0.2, 0.25) is 0 Å². The van der Waals surface area contributed by atoms with Gasteiger partial charge in [0.1, 0.15) is 5.01 Å². The van der Waals surface area contributed by atoms with Crippen molar-refractivity contribution in [2.45, 2.75) is 27.3 Å². The van der Waals surface area contributed by atoms with Crippen LogP contribution in [-0.2, 0) is 6.54 Å². The molecule has 1 atom stereocenters. The summed E-state index contributed by atoms with van der Waals surface area (Å²) in [6.45, 7) is 9.10. The summed E-state index contributed by atoms with van der Waals surface area (Å²) < 4.78 is 0. The molecule has 1 heterocycles. The third kappa shape index (κ3) is 4.28. The van der Waals surface area contributed by atoms with Gasteiger partial charge in [-0.3, -0.25) is 0 Å². The van der Waals surface area contributed by atoms with Crippen LogP contribution in [0.15, 0.2) is 6.20 Å². The maximum Gasteiger partial charge on any atom is 0.107 e. The van der Waals surface area contributed by atoms with Crippen LogP contribution in [0.5, 0.6) is 0 Å². The van der Waals surface area contributed by atoms with E-state index in [0.717, 1.165) is 24.6 Å². The highest BCUT2D eigenvalue weighted by atomic mass is 32.1. The molecule has 0 aliphatic heterocycles. The second-order valence-corrected chi connectivity index (χ2v) is 5.55. The molecule has 15 heavy (non-hydrogen) atoms. The highest BCUT2D eigenvalue weighted by molar-refractivity contribution is 7.11. The van der Waals surface area contributed by atoms with E-state index in [2.05, 4.69) is 31.1 Å². The minimum atomic E-state index is 0.561. The molecule has 86 valence electrons. The molecular weight excluding hydrogens is 206 g/mol. The van der Waals surface area contributed by atoms with Crippen molar-refractivity contribution in [1.82, 2.24) is 10.3 Å². The van der Waals surface area contributed by atoms with E-state index in [9.17, 15) is 0 Å². The van der Waals surface area contributed by atoms with Gasteiger partial charge in [0.05, 0.1) is 0 Å². The lowest BCUT2D eigenvalue weighted by Gasteiger charge is -2.18. The highest BCUT2D eigenvalue weighted by Crippen LogP contribution is 2.11. The van der Waals surface area contributed by atoms with Gasteiger partial charge in [0.25, 0.3) is 0 Å². The zero-order valence-corrected chi connectivity index (χ0v) is 10.6. The van der Waals surface area contributed by atoms with E-state index in [4.69, 9.17) is 5.73 Å². The zero-order valence-electron chi connectivity index (χ0n) is 9.79. The fraction of sp³-hybridized carbons (Fsp3) is 0.727. The molecule has 0 amide bonds. The SMILES string of the molecule is Cc1cnc(CNCC(CN)C(C)C)s1. The lowest BCUT2D eigenvalue weighted by atomic mass is 9.96. The quantitative estimate of drug-likeness (QED) is 0.779. The smallest absolute Gasteiger partial charge is 0.107 e. The number of aryl methyl sites for hydroxylation is 1. The first kappa shape index (κ1) is 12.6. The zero-order chi connectivity index (χ0) is 11.3. The van der Waals surface area contributed by atoms with Gasteiger partial charge < -0.3 is 11.1 Å². The second-order valence-electron chi connectivity index (χ2n) is 4.24. The molecule has 1 unspecified atom stereocenters. The fourth-order valence-electron chi connectivity index (χ4n) is 1.44. The van der Waals surface area contributed by atoms with Crippen molar-refractivity contribution in [3.8, 4) is 0 Å². The first-order valence-electron chi connectivity index (χ1n) is 5.45. The van der Waals surface area contributed by atoms with Gasteiger partial charge in [-0.1, -0.05) is 13.8 Å². The van der Waals surface area contributed by atoms with Gasteiger partial charge in [-0.2, -0.15) is 0 Å². The molecule has 0 aromatic carbocycles. The normalized spacial score (nSPS) is 13.4. The van der Waals surface area contributed by atoms with E-state index in [1.807, 2.05) is 6.20 Å². The molecule has 0 fully saturated rings. The summed E-state index contributed by atoms with van der Waals surface area (Å²) in [5, 5.41) is 4.57. The van der Waals surface area contributed by atoms with Crippen molar-refractivity contribution in [3.63, 3.8) is 0 Å². The average molecular weight is 227 g/mol. The van der Waals surface area contributed by atoms with Crippen molar-refractivity contribution in [3.05, 3.63) is 16.1 Å². The molecule has 0 saturated carbocycles. The van der Waals surface area contributed by atoms with E-state index in [0.29, 0.717) is 11.8 Å². The number of hydrogen-bond acceptors (Lipinski definition) is 4. The average Bonchev–Trinajstić information content (AvgIpc) is 2.58. The Balaban J connectivity index is 2.26. The van der Waals surface area contributed by atoms with Crippen LogP contribution in [0.4, 0.5) is 0 Å². The number of nitrogens with zero attached hydrogens (tertiary/aromatic N) is 1. The Hall–Kier alpha value is -0.450. The van der Waals surface area contributed by atoms with Gasteiger partial charge >= 0.3 is 0 Å². The summed E-state index contributed by atoms with van der Waals surface area (Å²) in [5.41, 5.74) is 5.70. The van der Waals surface area contributed by atoms with Crippen LogP contribution in [0.1, 0.15) is 23.7 Å². The van der Waals surface area contributed by atoms with Crippen LogP contribution < -0.4 is 11.1 Å². The van der Waals surface area contributed by atoms with E-state index >= 15 is 0 Å². The topological polar surface area (TPSA) is 50.9 Å². The summed E-state index contributed by atoms with van der Waals surface area (Å²) in [5.74, 6) is 1.20. The molecule has 3 nitrogen and oxygen atoms in total. The number of nitrogens with two attached hydrogens (primary N) is 1. The molecule has 0 aliphatic carbocycles. The number of nitrogens with one attached hydrogen (secondary N) is 1. The summed E-state index contributed by atoms with van der Waals surface area (Å²) in [6, 6.07) is 0. The molecule has 1 rings (SSSR count). The highest BCUT2D eigenvalue weighted by Gasteiger charge is 2.10. The molecule has 0 spiro atoms. The molecule has 1 aromatic rings. The van der Waals surface area contributed by atoms with Crippen molar-refractivity contribution in [2.75, 3.05) is 13.1 Å². The van der Waals surface area contributed by atoms with Crippen LogP contribution >= 0.6 is 11.3 Å². The van der Waals surface area contributed by atoms with Gasteiger partial charge in [0, 0.05) is 17.6 Å². The minimum Gasteiger partial charge on any atom is -0.330 e. The Kier molecular flexibility index (Phi) is 5.22. The Labute approximate surface area is 96.1 Å². The molecular formula is C11H21N3S. The van der Waals surface area contributed by atoms with Crippen LogP contribution in [0.25, 0.3) is 0 Å². The monoisotopic (exact) mass is 227 g/mol. The fourth-order valence-corrected chi connectivity index (χ4v) is 2.20. The minimum absolute atomic E-state index is 0.561. The first-order valence-corrected chi connectivity index (χ1v) is 6.27. The molecule has 0 saturated heterocycles. The van der Waals surface area contributed by atoms with E-state index in [-0.39, 0.29) is 0 Å². The summed E-state index contributed by atoms with van der Waals surface area (Å²) in [6.07, 6.45) is 1.92. The predicted molar refractivity (Wildman–Crippen MR) is 65.9 cm³/mol. The van der Waals surface area contributed by atoms with Crippen molar-refractivity contribution in [2.24, 2.45) is 17.6 Å². The van der Waals surface area contributed by atoms with Crippen LogP contribution in [-0.4, -0.2) is 18.1 Å². The number of thiazole rings is 1. The first-order chi connectivity index (χ1) is 7.13. The third-order valence-corrected chi connectivity index (χ3v) is 3.51. The maximum atomic E-state index is 5.70. The Bertz CT molecular complexity index is 283. The number of aromatic nitrogens is 1. The van der Waals surface area contributed by atoms with Gasteiger partial charge in [-0.25, -0.2) is 4.98 Å². The van der Waals surface area contributed by atoms with Crippen LogP contribution in [0.2, 0.25) is 0 Å². The molecule has 3 N–H and O–H groups in total. The third-order valence-electron chi connectivity index (χ3n) is 2.60. The summed E-state index contributed by atoms with van der Waals surface area (Å²) >= 11 is 1.75. The largest absolute Gasteiger partial charge is 0.330 e. The summed E-state index contributed by atoms with van der Waals surface area (Å²) in [7, 11) is 0. The standard InChI is InChI=1S/C11H21N3S/c1-8(2)10(4-12)6-13-7-11-14-5-9(3)15-11/h5,8,10,13H,4,6-7,12H2,1-3H3. The number of rotatable bonds is 6. The van der Waals surface area contributed by atoms with Crippen molar-refractivity contribution >= 4 is 11.3 Å². The van der Waals surface area contributed by atoms with E-state index < -0.39 is 0 Å². The summed E-state index contributed by atoms with van der Waals surface area (Å²) in [4.78, 5) is 5.58. The Morgan fingerprint density at radius 1 is 1.53 bits per heavy atom. The molecule has 0 aliphatic rings. The molecule has 0 bridgehead atoms. The molecule has 1 aromatic heterocycles. The predicted octanol–water partition coefficient (Wildman–Crippen LogP) is 1.77. The molecule has 4 heteroatoms. The van der Waals surface area contributed by atoms with Crippen LogP contribution in [0.3, 0.4) is 0 Å². The van der Waals surface area contributed by atoms with Gasteiger partial charge in [-0.15, -0.1) is 11.3 Å². The van der Waals surface area contributed by atoms with E-state index in [1.54, 1.807) is 11.3 Å². The lowest BCUT2D eigenvalue weighted by molar-refractivity contribution is 0.370. The van der Waals surface area contributed by atoms with Crippen molar-refractivity contribution < 1.29 is 0 Å². The van der Waals surface area contributed by atoms with E-state index in [1.165, 1.54) is 4.88 Å². The second kappa shape index (κ2) is 6.20. The number of hydrogen-bond donors (Lipinski definition) is 2. The van der Waals surface area contributed by atoms with Gasteiger partial charge in [-0.05, 0) is 31.8 Å². The van der Waals surface area contributed by atoms with Gasteiger partial charge in [0.15, 0.2) is 0 Å². The maximum absolute atomic E-state index is 5.70. The molecule has 0 radical (unpaired) electrons. The van der Waals surface area contributed by atoms with Crippen LogP contribution in [0, 0.1) is 18.8 Å². The lowest BCUT2D eigenvalue weighted by Crippen LogP contribution is -2.31.